The number of hydrogen-bond acceptors (Lipinski definition) is 6. The maximum Gasteiger partial charge on any atom is 0.143 e. The zero-order chi connectivity index (χ0) is 54.3. The first-order valence-corrected chi connectivity index (χ1v) is 31.8. The molecule has 0 amide bonds. The second-order valence-corrected chi connectivity index (χ2v) is 32.4. The molecule has 12 saturated carbocycles. The highest BCUT2D eigenvalue weighted by atomic mass is 16.5. The smallest absolute Gasteiger partial charge is 0.143 e. The summed E-state index contributed by atoms with van der Waals surface area (Å²) in [4.78, 5) is 46.2. The van der Waals surface area contributed by atoms with Crippen molar-refractivity contribution in [3.63, 3.8) is 0 Å². The number of rotatable bonds is 9. The number of ether oxygens (including phenoxy) is 3. The predicted octanol–water partition coefficient (Wildman–Crippen LogP) is 16.0. The topological polar surface area (TPSA) is 78.9 Å². The molecule has 420 valence electrons. The predicted molar refractivity (Wildman–Crippen MR) is 309 cm³/mol. The second-order valence-electron chi connectivity index (χ2n) is 32.4. The van der Waals surface area contributed by atoms with E-state index in [9.17, 15) is 0 Å². The number of ketones is 3. The average molecular weight is 1060 g/mol. The molecule has 1 aliphatic heterocycles. The lowest BCUT2D eigenvalue weighted by molar-refractivity contribution is -0.143. The van der Waals surface area contributed by atoms with Gasteiger partial charge < -0.3 is 14.2 Å². The van der Waals surface area contributed by atoms with Gasteiger partial charge in [0.05, 0.1) is 39.6 Å². The van der Waals surface area contributed by atoms with Crippen LogP contribution in [0.25, 0.3) is 0 Å². The fourth-order valence-corrected chi connectivity index (χ4v) is 20.4. The van der Waals surface area contributed by atoms with E-state index in [1.54, 1.807) is 0 Å². The zero-order valence-electron chi connectivity index (χ0n) is 49.7. The third-order valence-corrected chi connectivity index (χ3v) is 23.3. The first-order chi connectivity index (χ1) is 37.0. The van der Waals surface area contributed by atoms with E-state index in [2.05, 4.69) is 98.7 Å². The van der Waals surface area contributed by atoms with Crippen LogP contribution in [0.2, 0.25) is 0 Å². The molecule has 16 rings (SSSR count). The normalized spacial score (nSPS) is 35.0. The van der Waals surface area contributed by atoms with Gasteiger partial charge in [0.1, 0.15) is 17.3 Å². The van der Waals surface area contributed by atoms with Crippen molar-refractivity contribution in [1.29, 1.82) is 0 Å². The van der Waals surface area contributed by atoms with Crippen LogP contribution in [-0.2, 0) is 104 Å². The molecule has 0 spiro atoms. The fraction of sp³-hybridized carbons (Fsp3) is 0.708. The van der Waals surface area contributed by atoms with Gasteiger partial charge in [-0.15, -0.1) is 0 Å². The van der Waals surface area contributed by atoms with Gasteiger partial charge in [-0.1, -0.05) is 98.7 Å². The van der Waals surface area contributed by atoms with Crippen LogP contribution in [0, 0.1) is 69.5 Å². The van der Waals surface area contributed by atoms with Crippen LogP contribution in [0.15, 0.2) is 36.4 Å². The number of carbonyl (C=O) groups is 3. The summed E-state index contributed by atoms with van der Waals surface area (Å²) in [5.41, 5.74) is 12.2. The summed E-state index contributed by atoms with van der Waals surface area (Å²) in [7, 11) is 0. The molecule has 13 aliphatic rings. The van der Waals surface area contributed by atoms with E-state index in [1.165, 1.54) is 74.5 Å². The molecule has 6 nitrogen and oxygen atoms in total. The molecule has 3 aromatic carbocycles. The number of hydrogen-bond donors (Lipinski definition) is 0. The van der Waals surface area contributed by atoms with Gasteiger partial charge in [-0.05, 0) is 252 Å². The summed E-state index contributed by atoms with van der Waals surface area (Å²) in [6, 6.07) is 14.1. The minimum atomic E-state index is -0.229. The van der Waals surface area contributed by atoms with Crippen LogP contribution in [0.5, 0.6) is 0 Å². The highest BCUT2D eigenvalue weighted by Crippen LogP contribution is 2.63. The van der Waals surface area contributed by atoms with Crippen molar-refractivity contribution in [2.24, 2.45) is 69.5 Å². The van der Waals surface area contributed by atoms with Gasteiger partial charge in [-0.2, -0.15) is 0 Å². The Morgan fingerprint density at radius 1 is 0.333 bits per heavy atom. The van der Waals surface area contributed by atoms with E-state index in [-0.39, 0.29) is 32.5 Å². The molecule has 0 radical (unpaired) electrons. The van der Waals surface area contributed by atoms with Crippen molar-refractivity contribution in [3.05, 3.63) is 103 Å². The van der Waals surface area contributed by atoms with Crippen molar-refractivity contribution in [3.8, 4) is 0 Å². The zero-order valence-corrected chi connectivity index (χ0v) is 49.7. The SMILES string of the molecule is CC(C)(C)c1cc2c(CC(=O)C34CC5CC(CC(C5)C3)C4)c(c1)COCc1cc(C(C)(C)C)cc(c1CC(=O)C13CC4CC(CC(C4)C1)C3)COCc1cc(C(C)(C)C)cc(c1CC(=O)C13CC4CC(CC(C4)C1)C3)COC2. The maximum absolute atomic E-state index is 15.4. The Kier molecular flexibility index (Phi) is 13.5. The summed E-state index contributed by atoms with van der Waals surface area (Å²) in [5, 5.41) is 0. The third-order valence-electron chi connectivity index (χ3n) is 23.3. The Hall–Kier alpha value is -3.45. The van der Waals surface area contributed by atoms with E-state index >= 15 is 14.4 Å². The molecule has 0 unspecified atom stereocenters. The average Bonchev–Trinajstić information content (AvgIpc) is 3.47. The van der Waals surface area contributed by atoms with Crippen LogP contribution in [-0.4, -0.2) is 17.3 Å². The number of fused-ring (bicyclic) bond motifs is 6. The molecule has 12 fully saturated rings. The quantitative estimate of drug-likeness (QED) is 0.212. The van der Waals surface area contributed by atoms with E-state index in [4.69, 9.17) is 14.2 Å². The minimum absolute atomic E-state index is 0.162. The standard InChI is InChI=1S/C72H96O6/c1-67(2,3)58-19-52-37-76-39-54-21-59(68(4,5)6)23-56(62(54)26-65(74)71-31-46-13-47(32-71)15-48(14-46)33-71)41-78-42-57-24-60(69(7,8)9)22-55(63(57)27-66(75)72-34-49-16-50(35-72)18-51(17-49)36-72)40-77-38-53(20-58)61(52)25-64(73)70-28-43-10-44(29-70)12-45(11-43)30-70/h19-24,43-51H,10-18,25-42H2,1-9H3. The lowest BCUT2D eigenvalue weighted by Crippen LogP contribution is -2.50. The Morgan fingerprint density at radius 2 is 0.500 bits per heavy atom. The van der Waals surface area contributed by atoms with Gasteiger partial charge in [0.2, 0.25) is 0 Å². The first-order valence-electron chi connectivity index (χ1n) is 31.8. The van der Waals surface area contributed by atoms with Crippen LogP contribution in [0.3, 0.4) is 0 Å². The molecule has 0 atom stereocenters. The molecule has 0 saturated heterocycles. The van der Waals surface area contributed by atoms with Crippen molar-refractivity contribution in [2.75, 3.05) is 0 Å². The summed E-state index contributed by atoms with van der Waals surface area (Å²) < 4.78 is 21.4. The van der Waals surface area contributed by atoms with Crippen LogP contribution < -0.4 is 0 Å². The molecule has 0 aromatic heterocycles. The minimum Gasteiger partial charge on any atom is -0.372 e. The van der Waals surface area contributed by atoms with Crippen LogP contribution >= 0.6 is 0 Å². The Bertz CT molecular complexity index is 2380. The molecule has 3 aromatic rings. The van der Waals surface area contributed by atoms with Gasteiger partial charge in [-0.25, -0.2) is 0 Å². The van der Waals surface area contributed by atoms with E-state index in [1.807, 2.05) is 0 Å². The van der Waals surface area contributed by atoms with Crippen molar-refractivity contribution >= 4 is 17.3 Å². The second kappa shape index (κ2) is 19.6. The Morgan fingerprint density at radius 3 is 0.654 bits per heavy atom. The van der Waals surface area contributed by atoms with Crippen LogP contribution in [0.4, 0.5) is 0 Å². The molecule has 1 heterocycles. The molecule has 78 heavy (non-hydrogen) atoms. The Labute approximate surface area is 469 Å². The lowest BCUT2D eigenvalue weighted by atomic mass is 9.48. The highest BCUT2D eigenvalue weighted by molar-refractivity contribution is 5.89. The highest BCUT2D eigenvalue weighted by Gasteiger charge is 2.57. The van der Waals surface area contributed by atoms with Gasteiger partial charge >= 0.3 is 0 Å². The number of benzene rings is 3. The molecule has 6 heteroatoms. The van der Waals surface area contributed by atoms with E-state index in [0.717, 1.165) is 108 Å². The largest absolute Gasteiger partial charge is 0.372 e. The molecular formula is C72H96O6. The van der Waals surface area contributed by atoms with Gasteiger partial charge in [0.25, 0.3) is 0 Å². The lowest BCUT2D eigenvalue weighted by Gasteiger charge is -2.56. The van der Waals surface area contributed by atoms with Crippen molar-refractivity contribution in [1.82, 2.24) is 0 Å². The third kappa shape index (κ3) is 10.1. The number of carbonyl (C=O) groups excluding carboxylic acids is 3. The monoisotopic (exact) mass is 1060 g/mol. The first kappa shape index (κ1) is 53.8. The van der Waals surface area contributed by atoms with E-state index in [0.29, 0.717) is 130 Å². The summed E-state index contributed by atoms with van der Waals surface area (Å²) in [5.74, 6) is 7.42. The summed E-state index contributed by atoms with van der Waals surface area (Å²) in [6.45, 7) is 22.8. The van der Waals surface area contributed by atoms with Gasteiger partial charge in [-0.3, -0.25) is 14.4 Å². The molecule has 18 bridgehead atoms. The molecule has 0 N–H and O–H groups in total. The molecular weight excluding hydrogens is 961 g/mol. The summed E-state index contributed by atoms with van der Waals surface area (Å²) in [6.07, 6.45) is 22.4. The van der Waals surface area contributed by atoms with Crippen molar-refractivity contribution < 1.29 is 28.6 Å². The van der Waals surface area contributed by atoms with E-state index < -0.39 is 0 Å². The van der Waals surface area contributed by atoms with Crippen molar-refractivity contribution in [2.45, 2.75) is 253 Å². The van der Waals surface area contributed by atoms with Gasteiger partial charge in [0, 0.05) is 35.5 Å². The maximum atomic E-state index is 15.4. The van der Waals surface area contributed by atoms with Gasteiger partial charge in [0.15, 0.2) is 0 Å². The fourth-order valence-electron chi connectivity index (χ4n) is 20.4. The number of Topliss-reactive ketones (excluding diaryl/α,β-unsaturated/α-hetero) is 3. The molecule has 12 aliphatic carbocycles. The van der Waals surface area contributed by atoms with Crippen LogP contribution in [0.1, 0.15) is 245 Å². The summed E-state index contributed by atoms with van der Waals surface area (Å²) >= 11 is 0. The Balaban J connectivity index is 0.934.